The Kier molecular flexibility index (Phi) is 7.16. The number of ether oxygens (including phenoxy) is 1. The fourth-order valence-electron chi connectivity index (χ4n) is 3.86. The Hall–Kier alpha value is -4.60. The Morgan fingerprint density at radius 3 is 2.62 bits per heavy atom. The average Bonchev–Trinajstić information content (AvgIpc) is 3.59. The number of carbonyl (C=O) groups excluding carboxylic acids is 1. The van der Waals surface area contributed by atoms with Gasteiger partial charge in [-0.2, -0.15) is 15.5 Å². The van der Waals surface area contributed by atoms with Crippen LogP contribution in [0, 0.1) is 17.1 Å². The molecule has 12 heteroatoms. The van der Waals surface area contributed by atoms with Gasteiger partial charge in [-0.25, -0.2) is 19.6 Å². The van der Waals surface area contributed by atoms with Gasteiger partial charge in [-0.05, 0) is 35.4 Å². The van der Waals surface area contributed by atoms with Crippen molar-refractivity contribution in [2.45, 2.75) is 0 Å². The number of amides is 2. The van der Waals surface area contributed by atoms with Gasteiger partial charge in [0, 0.05) is 24.3 Å². The number of thiophene rings is 1. The molecule has 0 atom stereocenters. The van der Waals surface area contributed by atoms with Gasteiger partial charge in [0.2, 0.25) is 0 Å². The first-order chi connectivity index (χ1) is 18.1. The third kappa shape index (κ3) is 5.48. The number of hydrogen-bond donors (Lipinski definition) is 3. The number of benzene rings is 2. The monoisotopic (exact) mass is 516 g/mol. The van der Waals surface area contributed by atoms with Crippen LogP contribution in [0.1, 0.15) is 11.1 Å². The number of urea groups is 1. The molecule has 1 aliphatic heterocycles. The summed E-state index contributed by atoms with van der Waals surface area (Å²) in [5, 5.41) is 24.4. The molecule has 2 amide bonds. The molecule has 2 aromatic carbocycles. The Balaban J connectivity index is 1.35. The molecule has 2 aromatic heterocycles. The molecular weight excluding hydrogens is 495 g/mol. The highest BCUT2D eigenvalue weighted by Gasteiger charge is 2.26. The van der Waals surface area contributed by atoms with E-state index >= 15 is 0 Å². The van der Waals surface area contributed by atoms with Crippen molar-refractivity contribution in [1.82, 2.24) is 20.6 Å². The molecule has 0 bridgehead atoms. The zero-order chi connectivity index (χ0) is 25.6. The molecule has 1 aliphatic rings. The minimum atomic E-state index is -0.531. The van der Waals surface area contributed by atoms with Crippen LogP contribution in [0.15, 0.2) is 60.0 Å². The van der Waals surface area contributed by atoms with Crippen LogP contribution in [-0.2, 0) is 4.74 Å². The van der Waals surface area contributed by atoms with Gasteiger partial charge in [0.1, 0.15) is 23.2 Å². The second kappa shape index (κ2) is 11.0. The molecular formula is C25H21FN8O2S. The molecule has 186 valence electrons. The number of aromatic nitrogens is 3. The maximum atomic E-state index is 13.0. The van der Waals surface area contributed by atoms with Crippen molar-refractivity contribution < 1.29 is 13.9 Å². The number of nitriles is 1. The van der Waals surface area contributed by atoms with Crippen LogP contribution < -0.4 is 15.6 Å². The first kappa shape index (κ1) is 24.1. The first-order valence-electron chi connectivity index (χ1n) is 11.3. The number of nitrogens with one attached hydrogen (secondary N) is 3. The number of hydrazone groups is 1. The van der Waals surface area contributed by atoms with Gasteiger partial charge in [0.25, 0.3) is 0 Å². The van der Waals surface area contributed by atoms with Gasteiger partial charge in [0.15, 0.2) is 5.82 Å². The molecule has 3 heterocycles. The summed E-state index contributed by atoms with van der Waals surface area (Å²) in [4.78, 5) is 19.5. The number of aromatic amines is 1. The molecule has 4 aromatic rings. The Labute approximate surface area is 215 Å². The molecule has 10 nitrogen and oxygen atoms in total. The highest BCUT2D eigenvalue weighted by Crippen LogP contribution is 2.46. The summed E-state index contributed by atoms with van der Waals surface area (Å²) >= 11 is 1.49. The highest BCUT2D eigenvalue weighted by molar-refractivity contribution is 7.20. The van der Waals surface area contributed by atoms with Crippen LogP contribution in [0.5, 0.6) is 0 Å². The number of carbonyl (C=O) groups is 1. The van der Waals surface area contributed by atoms with Crippen molar-refractivity contribution in [3.05, 3.63) is 71.8 Å². The number of morpholine rings is 1. The van der Waals surface area contributed by atoms with Gasteiger partial charge >= 0.3 is 6.03 Å². The van der Waals surface area contributed by atoms with E-state index in [9.17, 15) is 14.4 Å². The van der Waals surface area contributed by atoms with Crippen LogP contribution in [0.4, 0.5) is 19.9 Å². The zero-order valence-corrected chi connectivity index (χ0v) is 20.3. The molecule has 3 N–H and O–H groups in total. The van der Waals surface area contributed by atoms with E-state index in [-0.39, 0.29) is 5.82 Å². The van der Waals surface area contributed by atoms with Crippen molar-refractivity contribution in [2.75, 3.05) is 36.5 Å². The first-order valence-corrected chi connectivity index (χ1v) is 12.2. The second-order valence-electron chi connectivity index (χ2n) is 7.98. The number of anilines is 2. The topological polar surface area (TPSA) is 131 Å². The summed E-state index contributed by atoms with van der Waals surface area (Å²) in [5.74, 6) is 0.234. The summed E-state index contributed by atoms with van der Waals surface area (Å²) in [7, 11) is 0. The number of nitrogens with zero attached hydrogens (tertiary/aromatic N) is 5. The van der Waals surface area contributed by atoms with E-state index in [4.69, 9.17) is 4.74 Å². The third-order valence-corrected chi connectivity index (χ3v) is 6.87. The van der Waals surface area contributed by atoms with Gasteiger partial charge in [0.05, 0.1) is 29.9 Å². The molecule has 0 spiro atoms. The van der Waals surface area contributed by atoms with Crippen molar-refractivity contribution >= 4 is 34.3 Å². The largest absolute Gasteiger partial charge is 0.378 e. The Morgan fingerprint density at radius 1 is 1.19 bits per heavy atom. The van der Waals surface area contributed by atoms with Crippen LogP contribution in [0.25, 0.3) is 21.8 Å². The van der Waals surface area contributed by atoms with Gasteiger partial charge in [-0.1, -0.05) is 24.3 Å². The zero-order valence-electron chi connectivity index (χ0n) is 19.4. The van der Waals surface area contributed by atoms with E-state index in [2.05, 4.69) is 42.0 Å². The average molecular weight is 517 g/mol. The number of H-pyrrole nitrogens is 1. The molecule has 0 radical (unpaired) electrons. The van der Waals surface area contributed by atoms with Crippen molar-refractivity contribution in [3.63, 3.8) is 0 Å². The molecule has 0 aliphatic carbocycles. The predicted molar refractivity (Wildman–Crippen MR) is 139 cm³/mol. The van der Waals surface area contributed by atoms with E-state index in [0.717, 1.165) is 21.0 Å². The van der Waals surface area contributed by atoms with E-state index in [1.165, 1.54) is 36.0 Å². The van der Waals surface area contributed by atoms with Crippen LogP contribution in [-0.4, -0.2) is 53.7 Å². The highest BCUT2D eigenvalue weighted by atomic mass is 32.1. The number of rotatable bonds is 6. The molecule has 37 heavy (non-hydrogen) atoms. The lowest BCUT2D eigenvalue weighted by molar-refractivity contribution is 0.123. The van der Waals surface area contributed by atoms with Crippen LogP contribution in [0.2, 0.25) is 0 Å². The van der Waals surface area contributed by atoms with Crippen molar-refractivity contribution in [1.29, 1.82) is 5.26 Å². The standard InChI is InChI=1S/C25H21FN8O2S/c26-18-5-1-16(2-6-18)14-29-33-25(35)31-19-7-3-17(4-8-19)21-20(13-27)24(34-9-11-36-12-10-34)37-22(21)23-28-15-30-32-23/h1-8,14-15H,9-12H2,(H,28,30,32)(H2,31,33,35)/b29-14+. The maximum absolute atomic E-state index is 13.0. The van der Waals surface area contributed by atoms with Crippen LogP contribution in [0.3, 0.4) is 0 Å². The molecule has 1 fully saturated rings. The maximum Gasteiger partial charge on any atom is 0.339 e. The van der Waals surface area contributed by atoms with E-state index < -0.39 is 6.03 Å². The fraction of sp³-hybridized carbons (Fsp3) is 0.160. The second-order valence-corrected chi connectivity index (χ2v) is 8.98. The summed E-state index contributed by atoms with van der Waals surface area (Å²) in [6.45, 7) is 2.61. The lowest BCUT2D eigenvalue weighted by Crippen LogP contribution is -2.36. The summed E-state index contributed by atoms with van der Waals surface area (Å²) in [5.41, 5.74) is 5.69. The third-order valence-electron chi connectivity index (χ3n) is 5.61. The van der Waals surface area contributed by atoms with E-state index in [1.54, 1.807) is 24.3 Å². The lowest BCUT2D eigenvalue weighted by Gasteiger charge is -2.27. The predicted octanol–water partition coefficient (Wildman–Crippen LogP) is 4.20. The van der Waals surface area contributed by atoms with Crippen molar-refractivity contribution in [3.8, 4) is 27.9 Å². The summed E-state index contributed by atoms with van der Waals surface area (Å²) < 4.78 is 18.5. The normalized spacial score (nSPS) is 13.5. The Morgan fingerprint density at radius 2 is 1.95 bits per heavy atom. The SMILES string of the molecule is N#Cc1c(N2CCOCC2)sc(-c2ncn[nH]2)c1-c1ccc(NC(=O)N/N=C/c2ccc(F)cc2)cc1. The number of hydrogen-bond acceptors (Lipinski definition) is 8. The number of halogens is 1. The summed E-state index contributed by atoms with van der Waals surface area (Å²) in [6, 6.07) is 14.7. The smallest absolute Gasteiger partial charge is 0.339 e. The Bertz CT molecular complexity index is 1440. The van der Waals surface area contributed by atoms with Gasteiger partial charge in [-0.3, -0.25) is 5.10 Å². The van der Waals surface area contributed by atoms with E-state index in [0.29, 0.717) is 48.9 Å². The fourth-order valence-corrected chi connectivity index (χ4v) is 5.13. The lowest BCUT2D eigenvalue weighted by atomic mass is 10.0. The van der Waals surface area contributed by atoms with Gasteiger partial charge in [-0.15, -0.1) is 11.3 Å². The molecule has 0 saturated carbocycles. The van der Waals surface area contributed by atoms with Gasteiger partial charge < -0.3 is 15.0 Å². The summed E-state index contributed by atoms with van der Waals surface area (Å²) in [6.07, 6.45) is 2.85. The van der Waals surface area contributed by atoms with Crippen molar-refractivity contribution in [2.24, 2.45) is 5.10 Å². The molecule has 1 saturated heterocycles. The molecule has 5 rings (SSSR count). The molecule has 0 unspecified atom stereocenters. The minimum Gasteiger partial charge on any atom is -0.378 e. The minimum absolute atomic E-state index is 0.346. The quantitative estimate of drug-likeness (QED) is 0.260. The van der Waals surface area contributed by atoms with E-state index in [1.807, 2.05) is 12.1 Å². The van der Waals surface area contributed by atoms with Crippen LogP contribution >= 0.6 is 11.3 Å².